The Balaban J connectivity index is 2.07. The second-order valence-electron chi connectivity index (χ2n) is 4.46. The second-order valence-corrected chi connectivity index (χ2v) is 5.68. The van der Waals surface area contributed by atoms with E-state index >= 15 is 0 Å². The lowest BCUT2D eigenvalue weighted by molar-refractivity contribution is -0.384. The van der Waals surface area contributed by atoms with E-state index in [2.05, 4.69) is 5.32 Å². The van der Waals surface area contributed by atoms with E-state index in [1.54, 1.807) is 0 Å². The molecule has 0 aliphatic carbocycles. The molecule has 2 rings (SSSR count). The summed E-state index contributed by atoms with van der Waals surface area (Å²) in [5.74, 6) is -0.813. The largest absolute Gasteiger partial charge is 0.326 e. The lowest BCUT2D eigenvalue weighted by atomic mass is 10.2. The topological polar surface area (TPSA) is 101 Å². The Hall–Kier alpha value is -2.35. The minimum atomic E-state index is -0.826. The summed E-state index contributed by atoms with van der Waals surface area (Å²) in [5, 5.41) is 15.5. The zero-order valence-electron chi connectivity index (χ0n) is 11.7. The molecule has 0 aliphatic rings. The van der Waals surface area contributed by atoms with Gasteiger partial charge in [-0.3, -0.25) is 20.2 Å². The summed E-state index contributed by atoms with van der Waals surface area (Å²) >= 11 is 17.4. The first-order valence-electron chi connectivity index (χ1n) is 6.29. The lowest BCUT2D eigenvalue weighted by Crippen LogP contribution is -2.34. The fourth-order valence-electron chi connectivity index (χ4n) is 1.71. The van der Waals surface area contributed by atoms with Crippen molar-refractivity contribution in [2.45, 2.75) is 0 Å². The van der Waals surface area contributed by atoms with Crippen molar-refractivity contribution >= 4 is 58.1 Å². The highest BCUT2D eigenvalue weighted by Crippen LogP contribution is 2.25. The van der Waals surface area contributed by atoms with Gasteiger partial charge in [0.25, 0.3) is 11.6 Å². The number of carbonyl (C=O) groups excluding carboxylic acids is 2. The molecular weight excluding hydrogens is 381 g/mol. The molecule has 2 aromatic carbocycles. The quantitative estimate of drug-likeness (QED) is 0.596. The SMILES string of the molecule is O=C(NC(=O)c1ccc([N+](=O)[O-])cc1Cl)Nc1ccc(Cl)c(Cl)c1. The van der Waals surface area contributed by atoms with Crippen molar-refractivity contribution in [3.8, 4) is 0 Å². The highest BCUT2D eigenvalue weighted by molar-refractivity contribution is 6.42. The smallest absolute Gasteiger partial charge is 0.308 e. The summed E-state index contributed by atoms with van der Waals surface area (Å²) < 4.78 is 0. The standard InChI is InChI=1S/C14H8Cl3N3O4/c15-10-4-1-7(5-12(10)17)18-14(22)19-13(21)9-3-2-8(20(23)24)6-11(9)16/h1-6H,(H2,18,19,21,22). The summed E-state index contributed by atoms with van der Waals surface area (Å²) in [7, 11) is 0. The van der Waals surface area contributed by atoms with E-state index in [0.717, 1.165) is 18.2 Å². The zero-order chi connectivity index (χ0) is 17.9. The fourth-order valence-corrected chi connectivity index (χ4v) is 2.27. The predicted molar refractivity (Wildman–Crippen MR) is 91.1 cm³/mol. The first-order valence-corrected chi connectivity index (χ1v) is 7.42. The van der Waals surface area contributed by atoms with Gasteiger partial charge in [-0.05, 0) is 24.3 Å². The molecule has 24 heavy (non-hydrogen) atoms. The number of rotatable bonds is 3. The van der Waals surface area contributed by atoms with Gasteiger partial charge in [-0.25, -0.2) is 4.79 Å². The number of nitrogens with zero attached hydrogens (tertiary/aromatic N) is 1. The van der Waals surface area contributed by atoms with Gasteiger partial charge in [0.15, 0.2) is 0 Å². The Bertz CT molecular complexity index is 842. The summed E-state index contributed by atoms with van der Waals surface area (Å²) in [5.41, 5.74) is -0.0205. The number of imide groups is 1. The molecule has 0 saturated heterocycles. The minimum absolute atomic E-state index is 0.0773. The van der Waals surface area contributed by atoms with Crippen LogP contribution in [0, 0.1) is 10.1 Å². The predicted octanol–water partition coefficient (Wildman–Crippen LogP) is 4.52. The Kier molecular flexibility index (Phi) is 5.61. The number of nitrogens with one attached hydrogen (secondary N) is 2. The van der Waals surface area contributed by atoms with E-state index in [-0.39, 0.29) is 21.3 Å². The number of carbonyl (C=O) groups is 2. The molecule has 7 nitrogen and oxygen atoms in total. The maximum atomic E-state index is 12.0. The average molecular weight is 389 g/mol. The van der Waals surface area contributed by atoms with Gasteiger partial charge < -0.3 is 5.32 Å². The number of non-ortho nitro benzene ring substituents is 1. The van der Waals surface area contributed by atoms with Crippen molar-refractivity contribution in [3.05, 3.63) is 67.1 Å². The molecule has 0 aliphatic heterocycles. The monoisotopic (exact) mass is 387 g/mol. The first kappa shape index (κ1) is 18.0. The third-order valence-electron chi connectivity index (χ3n) is 2.81. The number of hydrogen-bond donors (Lipinski definition) is 2. The number of anilines is 1. The highest BCUT2D eigenvalue weighted by Gasteiger charge is 2.17. The van der Waals surface area contributed by atoms with Gasteiger partial charge in [-0.15, -0.1) is 0 Å². The van der Waals surface area contributed by atoms with Crippen molar-refractivity contribution in [3.63, 3.8) is 0 Å². The molecule has 2 aromatic rings. The second kappa shape index (κ2) is 7.48. The van der Waals surface area contributed by atoms with Gasteiger partial charge in [-0.2, -0.15) is 0 Å². The third-order valence-corrected chi connectivity index (χ3v) is 3.86. The van der Waals surface area contributed by atoms with Gasteiger partial charge in [0.05, 0.1) is 25.6 Å². The summed E-state index contributed by atoms with van der Waals surface area (Å²) in [4.78, 5) is 33.8. The van der Waals surface area contributed by atoms with E-state index in [4.69, 9.17) is 34.8 Å². The average Bonchev–Trinajstić information content (AvgIpc) is 2.50. The van der Waals surface area contributed by atoms with E-state index in [9.17, 15) is 19.7 Å². The summed E-state index contributed by atoms with van der Waals surface area (Å²) in [6.07, 6.45) is 0. The number of nitro groups is 1. The van der Waals surface area contributed by atoms with Crippen molar-refractivity contribution in [2.75, 3.05) is 5.32 Å². The summed E-state index contributed by atoms with van der Waals surface area (Å²) in [6.45, 7) is 0. The van der Waals surface area contributed by atoms with E-state index in [1.165, 1.54) is 18.2 Å². The zero-order valence-corrected chi connectivity index (χ0v) is 13.9. The molecule has 3 amide bonds. The van der Waals surface area contributed by atoms with Gasteiger partial charge in [0, 0.05) is 17.8 Å². The van der Waals surface area contributed by atoms with Crippen LogP contribution in [0.15, 0.2) is 36.4 Å². The Morgan fingerprint density at radius 3 is 2.25 bits per heavy atom. The van der Waals surface area contributed by atoms with Crippen LogP contribution in [-0.4, -0.2) is 16.9 Å². The van der Waals surface area contributed by atoms with Crippen LogP contribution in [0.25, 0.3) is 0 Å². The molecule has 0 unspecified atom stereocenters. The number of urea groups is 1. The molecule has 2 N–H and O–H groups in total. The Labute approximate surface area is 150 Å². The molecule has 0 heterocycles. The number of nitro benzene ring substituents is 1. The number of hydrogen-bond acceptors (Lipinski definition) is 4. The Morgan fingerprint density at radius 2 is 1.67 bits per heavy atom. The number of benzene rings is 2. The first-order chi connectivity index (χ1) is 11.3. The van der Waals surface area contributed by atoms with Crippen molar-refractivity contribution in [2.24, 2.45) is 0 Å². The maximum absolute atomic E-state index is 12.0. The highest BCUT2D eigenvalue weighted by atomic mass is 35.5. The van der Waals surface area contributed by atoms with Crippen LogP contribution in [-0.2, 0) is 0 Å². The van der Waals surface area contributed by atoms with Crippen molar-refractivity contribution in [1.29, 1.82) is 0 Å². The molecule has 0 radical (unpaired) electrons. The van der Waals surface area contributed by atoms with Gasteiger partial charge in [0.1, 0.15) is 0 Å². The molecule has 0 saturated carbocycles. The van der Waals surface area contributed by atoms with Gasteiger partial charge in [-0.1, -0.05) is 34.8 Å². The Morgan fingerprint density at radius 1 is 0.958 bits per heavy atom. The summed E-state index contributed by atoms with van der Waals surface area (Å²) in [6, 6.07) is 6.85. The molecule has 0 aromatic heterocycles. The number of halogens is 3. The lowest BCUT2D eigenvalue weighted by Gasteiger charge is -2.08. The van der Waals surface area contributed by atoms with Crippen LogP contribution < -0.4 is 10.6 Å². The molecule has 0 atom stereocenters. The van der Waals surface area contributed by atoms with Crippen LogP contribution in [0.5, 0.6) is 0 Å². The van der Waals surface area contributed by atoms with E-state index in [0.29, 0.717) is 10.7 Å². The molecule has 124 valence electrons. The van der Waals surface area contributed by atoms with Gasteiger partial charge in [0.2, 0.25) is 0 Å². The minimum Gasteiger partial charge on any atom is -0.308 e. The van der Waals surface area contributed by atoms with Crippen LogP contribution in [0.4, 0.5) is 16.2 Å². The molecule has 0 bridgehead atoms. The molecule has 10 heteroatoms. The van der Waals surface area contributed by atoms with Crippen molar-refractivity contribution in [1.82, 2.24) is 5.32 Å². The van der Waals surface area contributed by atoms with Crippen molar-refractivity contribution < 1.29 is 14.5 Å². The molecular formula is C14H8Cl3N3O4. The van der Waals surface area contributed by atoms with Gasteiger partial charge >= 0.3 is 6.03 Å². The fraction of sp³-hybridized carbons (Fsp3) is 0. The normalized spacial score (nSPS) is 10.1. The van der Waals surface area contributed by atoms with E-state index in [1.807, 2.05) is 5.32 Å². The molecule has 0 fully saturated rings. The maximum Gasteiger partial charge on any atom is 0.326 e. The molecule has 0 spiro atoms. The third kappa shape index (κ3) is 4.35. The van der Waals surface area contributed by atoms with E-state index < -0.39 is 16.9 Å². The van der Waals surface area contributed by atoms with Crippen LogP contribution in [0.3, 0.4) is 0 Å². The van der Waals surface area contributed by atoms with Crippen LogP contribution in [0.1, 0.15) is 10.4 Å². The number of amides is 3. The van der Waals surface area contributed by atoms with Crippen LogP contribution in [0.2, 0.25) is 15.1 Å². The van der Waals surface area contributed by atoms with Crippen LogP contribution >= 0.6 is 34.8 Å².